The van der Waals surface area contributed by atoms with E-state index in [0.717, 1.165) is 0 Å². The Balaban J connectivity index is 3.84. The number of ketones is 1. The van der Waals surface area contributed by atoms with Crippen LogP contribution in [-0.2, 0) is 9.59 Å². The molecule has 1 atom stereocenters. The van der Waals surface area contributed by atoms with Gasteiger partial charge in [-0.25, -0.2) is 9.18 Å². The van der Waals surface area contributed by atoms with Gasteiger partial charge in [-0.1, -0.05) is 0 Å². The van der Waals surface area contributed by atoms with Crippen LogP contribution in [0.5, 0.6) is 0 Å². The van der Waals surface area contributed by atoms with Gasteiger partial charge in [0.05, 0.1) is 0 Å². The van der Waals surface area contributed by atoms with Crippen LogP contribution in [0.1, 0.15) is 0 Å². The topological polar surface area (TPSA) is 74.6 Å². The van der Waals surface area contributed by atoms with Crippen LogP contribution in [0.3, 0.4) is 0 Å². The van der Waals surface area contributed by atoms with Crippen LogP contribution in [0.2, 0.25) is 0 Å². The fraction of sp³-hybridized carbons (Fsp3) is 0.333. The van der Waals surface area contributed by atoms with Crippen molar-refractivity contribution in [2.75, 3.05) is 0 Å². The molecule has 0 bridgehead atoms. The van der Waals surface area contributed by atoms with Crippen molar-refractivity contribution in [3.63, 3.8) is 0 Å². The fourth-order valence-corrected chi connectivity index (χ4v) is 0.102. The highest BCUT2D eigenvalue weighted by atomic mass is 19.1. The number of hydrogen-bond donors (Lipinski definition) is 2. The maximum atomic E-state index is 11.2. The molecule has 0 saturated heterocycles. The highest BCUT2D eigenvalue weighted by molar-refractivity contribution is 6.33. The van der Waals surface area contributed by atoms with E-state index in [4.69, 9.17) is 10.2 Å². The average molecular weight is 122 g/mol. The zero-order chi connectivity index (χ0) is 6.73. The van der Waals surface area contributed by atoms with E-state index in [1.165, 1.54) is 0 Å². The molecule has 0 aromatic rings. The number of carbonyl (C=O) groups is 2. The summed E-state index contributed by atoms with van der Waals surface area (Å²) in [7, 11) is 0. The van der Waals surface area contributed by atoms with Gasteiger partial charge in [0, 0.05) is 0 Å². The minimum atomic E-state index is -2.90. The number of rotatable bonds is 2. The Bertz CT molecular complexity index is 118. The highest BCUT2D eigenvalue weighted by Gasteiger charge is 2.20. The molecule has 0 aliphatic rings. The van der Waals surface area contributed by atoms with Crippen molar-refractivity contribution in [2.24, 2.45) is 0 Å². The monoisotopic (exact) mass is 122 g/mol. The summed E-state index contributed by atoms with van der Waals surface area (Å²) >= 11 is 0. The first-order chi connectivity index (χ1) is 3.55. The lowest BCUT2D eigenvalue weighted by atomic mass is 10.4. The Morgan fingerprint density at radius 2 is 1.88 bits per heavy atom. The lowest BCUT2D eigenvalue weighted by Crippen LogP contribution is -2.23. The molecule has 46 valence electrons. The Morgan fingerprint density at radius 1 is 1.50 bits per heavy atom. The summed E-state index contributed by atoms with van der Waals surface area (Å²) in [6, 6.07) is 0. The van der Waals surface area contributed by atoms with Crippen LogP contribution < -0.4 is 0 Å². The quantitative estimate of drug-likeness (QED) is 0.457. The first-order valence-electron chi connectivity index (χ1n) is 1.65. The summed E-state index contributed by atoms with van der Waals surface area (Å²) in [4.78, 5) is 19.0. The number of aliphatic hydroxyl groups is 1. The van der Waals surface area contributed by atoms with Crippen LogP contribution in [0.25, 0.3) is 0 Å². The van der Waals surface area contributed by atoms with Crippen molar-refractivity contribution in [2.45, 2.75) is 6.36 Å². The number of Topliss-reactive ketones (excluding diaryl/α,β-unsaturated/α-hetero) is 1. The molecule has 5 heteroatoms. The zero-order valence-corrected chi connectivity index (χ0v) is 3.67. The lowest BCUT2D eigenvalue weighted by molar-refractivity contribution is -0.157. The highest BCUT2D eigenvalue weighted by Crippen LogP contribution is 1.84. The summed E-state index contributed by atoms with van der Waals surface area (Å²) in [5.74, 6) is -3.81. The van der Waals surface area contributed by atoms with Crippen LogP contribution in [0.4, 0.5) is 4.39 Å². The van der Waals surface area contributed by atoms with Gasteiger partial charge in [0.15, 0.2) is 0 Å². The average Bonchev–Trinajstić information content (AvgIpc) is 1.64. The second kappa shape index (κ2) is 2.37. The van der Waals surface area contributed by atoms with E-state index < -0.39 is 18.1 Å². The Hall–Kier alpha value is -0.970. The van der Waals surface area contributed by atoms with Gasteiger partial charge in [0.2, 0.25) is 0 Å². The van der Waals surface area contributed by atoms with Crippen molar-refractivity contribution in [1.29, 1.82) is 0 Å². The van der Waals surface area contributed by atoms with Gasteiger partial charge in [-0.15, -0.1) is 0 Å². The summed E-state index contributed by atoms with van der Waals surface area (Å²) in [6.07, 6.45) is -2.90. The van der Waals surface area contributed by atoms with Crippen molar-refractivity contribution >= 4 is 11.8 Å². The maximum Gasteiger partial charge on any atom is 0.378 e. The molecule has 0 amide bonds. The van der Waals surface area contributed by atoms with E-state index in [1.54, 1.807) is 0 Å². The van der Waals surface area contributed by atoms with E-state index in [2.05, 4.69) is 0 Å². The van der Waals surface area contributed by atoms with Gasteiger partial charge in [-0.2, -0.15) is 0 Å². The molecule has 4 nitrogen and oxygen atoms in total. The fourth-order valence-electron chi connectivity index (χ4n) is 0.102. The Kier molecular flexibility index (Phi) is 2.08. The van der Waals surface area contributed by atoms with E-state index in [0.29, 0.717) is 0 Å². The summed E-state index contributed by atoms with van der Waals surface area (Å²) in [5.41, 5.74) is 0. The second-order valence-electron chi connectivity index (χ2n) is 1.01. The molecule has 0 radical (unpaired) electrons. The molecule has 0 aromatic heterocycles. The van der Waals surface area contributed by atoms with Crippen molar-refractivity contribution < 1.29 is 24.2 Å². The van der Waals surface area contributed by atoms with Crippen molar-refractivity contribution in [1.82, 2.24) is 0 Å². The number of carbonyl (C=O) groups excluding carboxylic acids is 1. The van der Waals surface area contributed by atoms with E-state index in [9.17, 15) is 14.0 Å². The number of aliphatic hydroxyl groups excluding tert-OH is 1. The number of alkyl halides is 1. The molecule has 0 aromatic carbocycles. The third-order valence-corrected chi connectivity index (χ3v) is 0.427. The number of aliphatic carboxylic acids is 1. The number of carboxylic acids is 1. The smallest absolute Gasteiger partial charge is 0.378 e. The third-order valence-electron chi connectivity index (χ3n) is 0.427. The van der Waals surface area contributed by atoms with E-state index in [1.807, 2.05) is 0 Å². The van der Waals surface area contributed by atoms with E-state index in [-0.39, 0.29) is 0 Å². The molecular weight excluding hydrogens is 119 g/mol. The summed E-state index contributed by atoms with van der Waals surface area (Å²) in [5, 5.41) is 15.2. The molecule has 0 heterocycles. The Morgan fingerprint density at radius 3 is 1.88 bits per heavy atom. The van der Waals surface area contributed by atoms with Gasteiger partial charge in [-0.3, -0.25) is 4.79 Å². The summed E-state index contributed by atoms with van der Waals surface area (Å²) < 4.78 is 11.2. The largest absolute Gasteiger partial charge is 0.475 e. The third kappa shape index (κ3) is 1.65. The minimum Gasteiger partial charge on any atom is -0.475 e. The lowest BCUT2D eigenvalue weighted by Gasteiger charge is -1.89. The number of halogens is 1. The second-order valence-corrected chi connectivity index (χ2v) is 1.01. The molecule has 0 aliphatic carbocycles. The van der Waals surface area contributed by atoms with Crippen LogP contribution in [0.15, 0.2) is 0 Å². The molecule has 0 spiro atoms. The van der Waals surface area contributed by atoms with Gasteiger partial charge >= 0.3 is 5.97 Å². The molecule has 1 unspecified atom stereocenters. The number of carboxylic acid groups (broad SMARTS) is 1. The van der Waals surface area contributed by atoms with Crippen LogP contribution >= 0.6 is 0 Å². The molecule has 0 fully saturated rings. The molecule has 2 N–H and O–H groups in total. The first-order valence-corrected chi connectivity index (χ1v) is 1.65. The Labute approximate surface area is 43.5 Å². The zero-order valence-electron chi connectivity index (χ0n) is 3.67. The predicted molar refractivity (Wildman–Crippen MR) is 19.8 cm³/mol. The number of hydrogen-bond acceptors (Lipinski definition) is 3. The SMILES string of the molecule is O=C(O)C(=O)C(O)F. The van der Waals surface area contributed by atoms with Crippen molar-refractivity contribution in [3.8, 4) is 0 Å². The van der Waals surface area contributed by atoms with Gasteiger partial charge in [0.1, 0.15) is 0 Å². The minimum absolute atomic E-state index is 1.84. The standard InChI is InChI=1S/C3H3FO4/c4-2(6)1(5)3(7)8/h2,6H,(H,7,8). The molecule has 0 rings (SSSR count). The maximum absolute atomic E-state index is 11.2. The van der Waals surface area contributed by atoms with E-state index >= 15 is 0 Å². The summed E-state index contributed by atoms with van der Waals surface area (Å²) in [6.45, 7) is 0. The van der Waals surface area contributed by atoms with Gasteiger partial charge in [0.25, 0.3) is 12.1 Å². The molecule has 8 heavy (non-hydrogen) atoms. The molecule has 0 saturated carbocycles. The first kappa shape index (κ1) is 7.03. The normalized spacial score (nSPS) is 12.8. The molecular formula is C3H3FO4. The van der Waals surface area contributed by atoms with Crippen molar-refractivity contribution in [3.05, 3.63) is 0 Å². The van der Waals surface area contributed by atoms with Gasteiger partial charge in [-0.05, 0) is 0 Å². The molecule has 0 aliphatic heterocycles. The van der Waals surface area contributed by atoms with Crippen LogP contribution in [0, 0.1) is 0 Å². The predicted octanol–water partition coefficient (Wildman–Crippen LogP) is -1.07. The van der Waals surface area contributed by atoms with Gasteiger partial charge < -0.3 is 10.2 Å². The van der Waals surface area contributed by atoms with Crippen LogP contribution in [-0.4, -0.2) is 28.3 Å².